The molecule has 0 fully saturated rings. The third-order valence-electron chi connectivity index (χ3n) is 3.58. The minimum Gasteiger partial charge on any atom is -0.395 e. The maximum atomic E-state index is 12.6. The van der Waals surface area contributed by atoms with E-state index in [0.717, 1.165) is 5.69 Å². The van der Waals surface area contributed by atoms with Gasteiger partial charge in [0.05, 0.1) is 24.2 Å². The number of aliphatic hydroxyl groups excluding tert-OH is 1. The van der Waals surface area contributed by atoms with Gasteiger partial charge >= 0.3 is 0 Å². The summed E-state index contributed by atoms with van der Waals surface area (Å²) in [7, 11) is 1.83. The number of carbonyl (C=O) groups is 1. The quantitative estimate of drug-likeness (QED) is 0.739. The molecule has 0 spiro atoms. The van der Waals surface area contributed by atoms with Crippen molar-refractivity contribution in [3.05, 3.63) is 53.4 Å². The number of hydrogen-bond donors (Lipinski definition) is 2. The molecule has 3 rings (SSSR count). The normalized spacial score (nSPS) is 10.8. The Hall–Kier alpha value is -2.64. The van der Waals surface area contributed by atoms with Gasteiger partial charge in [0.2, 0.25) is 0 Å². The number of rotatable bonds is 5. The van der Waals surface area contributed by atoms with Crippen LogP contribution >= 0.6 is 11.6 Å². The maximum Gasteiger partial charge on any atom is 0.261 e. The summed E-state index contributed by atoms with van der Waals surface area (Å²) in [6, 6.07) is 6.93. The number of nitrogens with one attached hydrogen (secondary N) is 1. The Labute approximate surface area is 143 Å². The Balaban J connectivity index is 1.93. The van der Waals surface area contributed by atoms with Crippen LogP contribution < -0.4 is 10.2 Å². The Kier molecular flexibility index (Phi) is 4.64. The number of fused-ring (bicyclic) bond motifs is 1. The van der Waals surface area contributed by atoms with Gasteiger partial charge in [-0.05, 0) is 24.3 Å². The van der Waals surface area contributed by atoms with Gasteiger partial charge in [-0.1, -0.05) is 11.6 Å². The molecule has 0 aliphatic carbocycles. The zero-order valence-electron chi connectivity index (χ0n) is 13.0. The molecule has 0 bridgehead atoms. The van der Waals surface area contributed by atoms with Crippen molar-refractivity contribution in [3.8, 4) is 0 Å². The molecule has 3 aromatic rings. The molecule has 24 heavy (non-hydrogen) atoms. The van der Waals surface area contributed by atoms with Gasteiger partial charge in [-0.3, -0.25) is 4.79 Å². The van der Waals surface area contributed by atoms with Gasteiger partial charge in [0.25, 0.3) is 5.91 Å². The second-order valence-electron chi connectivity index (χ2n) is 5.21. The average Bonchev–Trinajstić information content (AvgIpc) is 2.99. The summed E-state index contributed by atoms with van der Waals surface area (Å²) in [5, 5.41) is 16.6. The number of aliphatic hydroxyl groups is 1. The topological polar surface area (TPSA) is 82.8 Å². The second-order valence-corrected chi connectivity index (χ2v) is 5.64. The molecule has 0 radical (unpaired) electrons. The van der Waals surface area contributed by atoms with E-state index in [1.54, 1.807) is 36.7 Å². The van der Waals surface area contributed by atoms with Gasteiger partial charge in [-0.2, -0.15) is 5.10 Å². The van der Waals surface area contributed by atoms with Crippen LogP contribution in [0.15, 0.2) is 42.9 Å². The van der Waals surface area contributed by atoms with Gasteiger partial charge in [-0.25, -0.2) is 9.50 Å². The first-order valence-corrected chi connectivity index (χ1v) is 7.69. The average molecular weight is 346 g/mol. The second kappa shape index (κ2) is 6.86. The minimum atomic E-state index is -0.329. The zero-order chi connectivity index (χ0) is 17.1. The van der Waals surface area contributed by atoms with Gasteiger partial charge in [0.1, 0.15) is 5.56 Å². The molecule has 1 amide bonds. The van der Waals surface area contributed by atoms with E-state index in [1.165, 1.54) is 10.7 Å². The number of hydrogen-bond acceptors (Lipinski definition) is 5. The molecule has 0 saturated carbocycles. The summed E-state index contributed by atoms with van der Waals surface area (Å²) >= 11 is 6.05. The highest BCUT2D eigenvalue weighted by molar-refractivity contribution is 6.31. The van der Waals surface area contributed by atoms with Crippen molar-refractivity contribution >= 4 is 34.5 Å². The van der Waals surface area contributed by atoms with Crippen LogP contribution in [0.4, 0.5) is 11.4 Å². The monoisotopic (exact) mass is 345 g/mol. The molecule has 0 aliphatic rings. The van der Waals surface area contributed by atoms with E-state index in [9.17, 15) is 4.79 Å². The van der Waals surface area contributed by atoms with Crippen molar-refractivity contribution in [1.82, 2.24) is 14.6 Å². The number of anilines is 2. The van der Waals surface area contributed by atoms with Crippen LogP contribution in [-0.2, 0) is 0 Å². The predicted molar refractivity (Wildman–Crippen MR) is 92.7 cm³/mol. The smallest absolute Gasteiger partial charge is 0.261 e. The number of aromatic nitrogens is 3. The maximum absolute atomic E-state index is 12.6. The molecule has 1 aromatic carbocycles. The SMILES string of the molecule is CN(CCO)c1ccc(Cl)cc1NC(=O)c1cnn2cccnc12. The highest BCUT2D eigenvalue weighted by Gasteiger charge is 2.16. The number of halogens is 1. The Bertz CT molecular complexity index is 880. The third kappa shape index (κ3) is 3.17. The first-order valence-electron chi connectivity index (χ1n) is 7.31. The molecule has 124 valence electrons. The predicted octanol–water partition coefficient (Wildman–Crippen LogP) is 2.06. The van der Waals surface area contributed by atoms with Crippen LogP contribution in [0.25, 0.3) is 5.65 Å². The van der Waals surface area contributed by atoms with E-state index in [0.29, 0.717) is 28.5 Å². The van der Waals surface area contributed by atoms with Gasteiger partial charge in [0.15, 0.2) is 5.65 Å². The molecule has 0 aliphatic heterocycles. The summed E-state index contributed by atoms with van der Waals surface area (Å²) in [4.78, 5) is 18.6. The van der Waals surface area contributed by atoms with Crippen LogP contribution in [0.2, 0.25) is 5.02 Å². The molecule has 0 atom stereocenters. The van der Waals surface area contributed by atoms with E-state index in [1.807, 2.05) is 11.9 Å². The molecule has 2 aromatic heterocycles. The Morgan fingerprint density at radius 1 is 1.46 bits per heavy atom. The van der Waals surface area contributed by atoms with Gasteiger partial charge in [-0.15, -0.1) is 0 Å². The van der Waals surface area contributed by atoms with E-state index in [4.69, 9.17) is 16.7 Å². The first kappa shape index (κ1) is 16.2. The number of amides is 1. The summed E-state index contributed by atoms with van der Waals surface area (Å²) in [5.74, 6) is -0.329. The number of likely N-dealkylation sites (N-methyl/N-ethyl adjacent to an activating group) is 1. The van der Waals surface area contributed by atoms with Crippen LogP contribution in [-0.4, -0.2) is 45.8 Å². The fourth-order valence-electron chi connectivity index (χ4n) is 2.39. The molecule has 0 saturated heterocycles. The van der Waals surface area contributed by atoms with Crippen molar-refractivity contribution in [2.45, 2.75) is 0 Å². The lowest BCUT2D eigenvalue weighted by molar-refractivity contribution is 0.102. The van der Waals surface area contributed by atoms with E-state index < -0.39 is 0 Å². The summed E-state index contributed by atoms with van der Waals surface area (Å²) in [5.41, 5.74) is 2.15. The van der Waals surface area contributed by atoms with E-state index in [2.05, 4.69) is 15.4 Å². The largest absolute Gasteiger partial charge is 0.395 e. The lowest BCUT2D eigenvalue weighted by atomic mass is 10.2. The molecule has 7 nitrogen and oxygen atoms in total. The standard InChI is InChI=1S/C16H16ClN5O2/c1-21(7-8-23)14-4-3-11(17)9-13(14)20-16(24)12-10-19-22-6-2-5-18-15(12)22/h2-6,9-10,23H,7-8H2,1H3,(H,20,24). The molecule has 2 N–H and O–H groups in total. The van der Waals surface area contributed by atoms with Crippen molar-refractivity contribution in [3.63, 3.8) is 0 Å². The van der Waals surface area contributed by atoms with Crippen LogP contribution in [0, 0.1) is 0 Å². The molecule has 2 heterocycles. The molecule has 8 heteroatoms. The highest BCUT2D eigenvalue weighted by atomic mass is 35.5. The zero-order valence-corrected chi connectivity index (χ0v) is 13.7. The lowest BCUT2D eigenvalue weighted by Crippen LogP contribution is -2.23. The minimum absolute atomic E-state index is 0.00445. The fraction of sp³-hybridized carbons (Fsp3) is 0.188. The van der Waals surface area contributed by atoms with Crippen LogP contribution in [0.3, 0.4) is 0 Å². The summed E-state index contributed by atoms with van der Waals surface area (Å²) in [6.45, 7) is 0.438. The number of carbonyl (C=O) groups excluding carboxylic acids is 1. The fourth-order valence-corrected chi connectivity index (χ4v) is 2.56. The van der Waals surface area contributed by atoms with Crippen molar-refractivity contribution in [2.75, 3.05) is 30.4 Å². The van der Waals surface area contributed by atoms with Crippen molar-refractivity contribution < 1.29 is 9.90 Å². The molecular weight excluding hydrogens is 330 g/mol. The molecular formula is C16H16ClN5O2. The first-order chi connectivity index (χ1) is 11.6. The Morgan fingerprint density at radius 3 is 3.08 bits per heavy atom. The van der Waals surface area contributed by atoms with E-state index >= 15 is 0 Å². The number of nitrogens with zero attached hydrogens (tertiary/aromatic N) is 4. The van der Waals surface area contributed by atoms with Gasteiger partial charge < -0.3 is 15.3 Å². The Morgan fingerprint density at radius 2 is 2.29 bits per heavy atom. The molecule has 0 unspecified atom stereocenters. The third-order valence-corrected chi connectivity index (χ3v) is 3.81. The highest BCUT2D eigenvalue weighted by Crippen LogP contribution is 2.29. The van der Waals surface area contributed by atoms with Crippen LogP contribution in [0.1, 0.15) is 10.4 Å². The van der Waals surface area contributed by atoms with Crippen molar-refractivity contribution in [2.24, 2.45) is 0 Å². The van der Waals surface area contributed by atoms with Gasteiger partial charge in [0, 0.05) is 31.0 Å². The van der Waals surface area contributed by atoms with Crippen molar-refractivity contribution in [1.29, 1.82) is 0 Å². The number of benzene rings is 1. The lowest BCUT2D eigenvalue weighted by Gasteiger charge is -2.21. The summed E-state index contributed by atoms with van der Waals surface area (Å²) in [6.07, 6.45) is 4.80. The van der Waals surface area contributed by atoms with E-state index in [-0.39, 0.29) is 12.5 Å². The van der Waals surface area contributed by atoms with Crippen LogP contribution in [0.5, 0.6) is 0 Å². The summed E-state index contributed by atoms with van der Waals surface area (Å²) < 4.78 is 1.53.